The Labute approximate surface area is 129 Å². The first kappa shape index (κ1) is 14.5. The molecule has 0 radical (unpaired) electrons. The molecule has 1 heterocycles. The third-order valence-electron chi connectivity index (χ3n) is 3.92. The first-order valence-electron chi connectivity index (χ1n) is 7.48. The maximum atomic E-state index is 14.1. The lowest BCUT2D eigenvalue weighted by Gasteiger charge is -2.23. The smallest absolute Gasteiger partial charge is 0.129 e. The van der Waals surface area contributed by atoms with Crippen molar-refractivity contribution in [2.75, 3.05) is 18.5 Å². The van der Waals surface area contributed by atoms with Gasteiger partial charge < -0.3 is 10.2 Å². The molecule has 21 heavy (non-hydrogen) atoms. The van der Waals surface area contributed by atoms with E-state index in [1.807, 2.05) is 13.1 Å². The van der Waals surface area contributed by atoms with Gasteiger partial charge in [-0.3, -0.25) is 0 Å². The summed E-state index contributed by atoms with van der Waals surface area (Å²) in [5, 5.41) is 5.51. The van der Waals surface area contributed by atoms with Crippen molar-refractivity contribution in [3.63, 3.8) is 0 Å². The normalized spacial score (nSPS) is 14.4. The van der Waals surface area contributed by atoms with Crippen LogP contribution in [0.1, 0.15) is 23.3 Å². The van der Waals surface area contributed by atoms with Crippen LogP contribution >= 0.6 is 11.3 Å². The third kappa shape index (κ3) is 3.83. The molecule has 1 aromatic carbocycles. The molecular weight excluding hydrogens is 283 g/mol. The standard InChI is InChI=1S/C17H21FN2S/c1-20(10-9-14-4-3-11-21-14)17-6-2-5-16(18)15(17)12-19-13-7-8-13/h2-6,11,13,19H,7-10,12H2,1H3. The van der Waals surface area contributed by atoms with Crippen molar-refractivity contribution >= 4 is 17.0 Å². The van der Waals surface area contributed by atoms with E-state index >= 15 is 0 Å². The molecule has 4 heteroatoms. The molecule has 0 saturated heterocycles. The molecule has 2 aromatic rings. The highest BCUT2D eigenvalue weighted by molar-refractivity contribution is 7.09. The molecule has 1 aliphatic carbocycles. The van der Waals surface area contributed by atoms with Gasteiger partial charge in [0.1, 0.15) is 5.82 Å². The van der Waals surface area contributed by atoms with Crippen molar-refractivity contribution in [2.24, 2.45) is 0 Å². The Morgan fingerprint density at radius 1 is 1.29 bits per heavy atom. The van der Waals surface area contributed by atoms with Gasteiger partial charge in [0.15, 0.2) is 0 Å². The Morgan fingerprint density at radius 3 is 2.86 bits per heavy atom. The van der Waals surface area contributed by atoms with E-state index in [4.69, 9.17) is 0 Å². The number of hydrogen-bond donors (Lipinski definition) is 1. The van der Waals surface area contributed by atoms with Gasteiger partial charge >= 0.3 is 0 Å². The SMILES string of the molecule is CN(CCc1cccs1)c1cccc(F)c1CNC1CC1. The van der Waals surface area contributed by atoms with Gasteiger partial charge in [-0.2, -0.15) is 0 Å². The van der Waals surface area contributed by atoms with E-state index in [9.17, 15) is 4.39 Å². The van der Waals surface area contributed by atoms with E-state index in [-0.39, 0.29) is 5.82 Å². The van der Waals surface area contributed by atoms with Crippen LogP contribution in [0.3, 0.4) is 0 Å². The van der Waals surface area contributed by atoms with Crippen molar-refractivity contribution in [3.05, 3.63) is 52.0 Å². The van der Waals surface area contributed by atoms with Gasteiger partial charge in [0.2, 0.25) is 0 Å². The second-order valence-electron chi connectivity index (χ2n) is 5.64. The van der Waals surface area contributed by atoms with Gasteiger partial charge in [-0.25, -0.2) is 4.39 Å². The lowest BCUT2D eigenvalue weighted by molar-refractivity contribution is 0.586. The number of nitrogens with one attached hydrogen (secondary N) is 1. The number of likely N-dealkylation sites (N-methyl/N-ethyl adjacent to an activating group) is 1. The average Bonchev–Trinajstić information content (AvgIpc) is 3.17. The van der Waals surface area contributed by atoms with Crippen LogP contribution in [0.25, 0.3) is 0 Å². The predicted octanol–water partition coefficient (Wildman–Crippen LogP) is 3.82. The lowest BCUT2D eigenvalue weighted by atomic mass is 10.1. The molecule has 1 aromatic heterocycles. The van der Waals surface area contributed by atoms with Crippen LogP contribution < -0.4 is 10.2 Å². The number of halogens is 1. The highest BCUT2D eigenvalue weighted by Gasteiger charge is 2.21. The van der Waals surface area contributed by atoms with E-state index < -0.39 is 0 Å². The second kappa shape index (κ2) is 6.58. The van der Waals surface area contributed by atoms with E-state index in [1.165, 1.54) is 17.7 Å². The van der Waals surface area contributed by atoms with Crippen LogP contribution in [-0.2, 0) is 13.0 Å². The summed E-state index contributed by atoms with van der Waals surface area (Å²) in [7, 11) is 2.04. The van der Waals surface area contributed by atoms with Gasteiger partial charge in [0, 0.05) is 42.3 Å². The average molecular weight is 304 g/mol. The van der Waals surface area contributed by atoms with Crippen LogP contribution in [0.15, 0.2) is 35.7 Å². The first-order valence-corrected chi connectivity index (χ1v) is 8.36. The van der Waals surface area contributed by atoms with Crippen LogP contribution in [0.4, 0.5) is 10.1 Å². The largest absolute Gasteiger partial charge is 0.374 e. The van der Waals surface area contributed by atoms with Crippen molar-refractivity contribution in [1.29, 1.82) is 0 Å². The molecule has 3 rings (SSSR count). The quantitative estimate of drug-likeness (QED) is 0.836. The van der Waals surface area contributed by atoms with E-state index in [0.717, 1.165) is 24.2 Å². The van der Waals surface area contributed by atoms with E-state index in [0.29, 0.717) is 12.6 Å². The number of thiophene rings is 1. The Bertz CT molecular complexity index is 578. The molecular formula is C17H21FN2S. The van der Waals surface area contributed by atoms with E-state index in [1.54, 1.807) is 23.5 Å². The van der Waals surface area contributed by atoms with Crippen molar-refractivity contribution in [1.82, 2.24) is 5.32 Å². The Hall–Kier alpha value is -1.39. The predicted molar refractivity (Wildman–Crippen MR) is 87.6 cm³/mol. The van der Waals surface area contributed by atoms with Gasteiger partial charge in [-0.05, 0) is 42.8 Å². The summed E-state index contributed by atoms with van der Waals surface area (Å²) in [4.78, 5) is 3.53. The zero-order chi connectivity index (χ0) is 14.7. The maximum absolute atomic E-state index is 14.1. The van der Waals surface area contributed by atoms with Gasteiger partial charge in [0.25, 0.3) is 0 Å². The number of rotatable bonds is 7. The Morgan fingerprint density at radius 2 is 2.14 bits per heavy atom. The molecule has 112 valence electrons. The highest BCUT2D eigenvalue weighted by Crippen LogP contribution is 2.25. The van der Waals surface area contributed by atoms with Crippen LogP contribution in [0, 0.1) is 5.82 Å². The topological polar surface area (TPSA) is 15.3 Å². The zero-order valence-electron chi connectivity index (χ0n) is 12.3. The maximum Gasteiger partial charge on any atom is 0.129 e. The summed E-state index contributed by atoms with van der Waals surface area (Å²) in [6.45, 7) is 1.52. The molecule has 0 spiro atoms. The monoisotopic (exact) mass is 304 g/mol. The molecule has 0 bridgehead atoms. The van der Waals surface area contributed by atoms with Crippen molar-refractivity contribution in [2.45, 2.75) is 31.8 Å². The van der Waals surface area contributed by atoms with Crippen molar-refractivity contribution < 1.29 is 4.39 Å². The number of hydrogen-bond acceptors (Lipinski definition) is 3. The molecule has 1 saturated carbocycles. The summed E-state index contributed by atoms with van der Waals surface area (Å²) in [5.41, 5.74) is 1.79. The number of benzene rings is 1. The van der Waals surface area contributed by atoms with E-state index in [2.05, 4.69) is 27.7 Å². The van der Waals surface area contributed by atoms with Gasteiger partial charge in [-0.1, -0.05) is 12.1 Å². The second-order valence-corrected chi connectivity index (χ2v) is 6.68. The summed E-state index contributed by atoms with van der Waals surface area (Å²) in [5.74, 6) is -0.108. The molecule has 0 unspecified atom stereocenters. The number of anilines is 1. The Kier molecular flexibility index (Phi) is 4.56. The molecule has 1 fully saturated rings. The van der Waals surface area contributed by atoms with Gasteiger partial charge in [0.05, 0.1) is 0 Å². The minimum Gasteiger partial charge on any atom is -0.374 e. The molecule has 0 aliphatic heterocycles. The molecule has 1 N–H and O–H groups in total. The minimum atomic E-state index is -0.108. The summed E-state index contributed by atoms with van der Waals surface area (Å²) < 4.78 is 14.1. The molecule has 0 atom stereocenters. The molecule has 1 aliphatic rings. The third-order valence-corrected chi connectivity index (χ3v) is 4.86. The van der Waals surface area contributed by atoms with Gasteiger partial charge in [-0.15, -0.1) is 11.3 Å². The molecule has 0 amide bonds. The lowest BCUT2D eigenvalue weighted by Crippen LogP contribution is -2.24. The zero-order valence-corrected chi connectivity index (χ0v) is 13.1. The van der Waals surface area contributed by atoms with Crippen molar-refractivity contribution in [3.8, 4) is 0 Å². The Balaban J connectivity index is 1.68. The van der Waals surface area contributed by atoms with Crippen LogP contribution in [-0.4, -0.2) is 19.6 Å². The molecule has 2 nitrogen and oxygen atoms in total. The fourth-order valence-electron chi connectivity index (χ4n) is 2.47. The van der Waals surface area contributed by atoms with Crippen LogP contribution in [0.2, 0.25) is 0 Å². The minimum absolute atomic E-state index is 0.108. The van der Waals surface area contributed by atoms with Crippen LogP contribution in [0.5, 0.6) is 0 Å². The summed E-state index contributed by atoms with van der Waals surface area (Å²) in [6.07, 6.45) is 3.44. The number of nitrogens with zero attached hydrogens (tertiary/aromatic N) is 1. The summed E-state index contributed by atoms with van der Waals surface area (Å²) >= 11 is 1.78. The fourth-order valence-corrected chi connectivity index (χ4v) is 3.17. The summed E-state index contributed by atoms with van der Waals surface area (Å²) in [6, 6.07) is 10.2. The highest BCUT2D eigenvalue weighted by atomic mass is 32.1. The fraction of sp³-hybridized carbons (Fsp3) is 0.412. The first-order chi connectivity index (χ1) is 10.2.